The van der Waals surface area contributed by atoms with E-state index in [1.807, 2.05) is 25.1 Å². The molecular formula is C26H26ClN7O7. The minimum Gasteiger partial charge on any atom is -0.489 e. The number of nitrogens with one attached hydrogen (secondary N) is 1. The second-order valence-corrected chi connectivity index (χ2v) is 8.53. The van der Waals surface area contributed by atoms with Crippen molar-refractivity contribution in [3.63, 3.8) is 0 Å². The number of rotatable bonds is 6. The molecule has 0 unspecified atom stereocenters. The number of nitrogens with zero attached hydrogens (tertiary/aromatic N) is 5. The first-order chi connectivity index (χ1) is 19.1. The van der Waals surface area contributed by atoms with Crippen LogP contribution in [0.2, 0.25) is 0 Å². The number of benzene rings is 2. The summed E-state index contributed by atoms with van der Waals surface area (Å²) in [5, 5.41) is 28.4. The molecule has 5 aromatic rings. The number of aromatic hydroxyl groups is 1. The van der Waals surface area contributed by atoms with Gasteiger partial charge in [0.15, 0.2) is 17.2 Å². The number of esters is 1. The summed E-state index contributed by atoms with van der Waals surface area (Å²) in [5.74, 6) is -2.40. The Morgan fingerprint density at radius 3 is 2.46 bits per heavy atom. The van der Waals surface area contributed by atoms with Crippen LogP contribution in [0, 0.1) is 6.92 Å². The highest BCUT2D eigenvalue weighted by Crippen LogP contribution is 2.18. The van der Waals surface area contributed by atoms with Crippen molar-refractivity contribution in [1.29, 1.82) is 0 Å². The molecule has 0 aliphatic rings. The van der Waals surface area contributed by atoms with Crippen molar-refractivity contribution in [3.05, 3.63) is 82.5 Å². The molecule has 3 heterocycles. The highest BCUT2D eigenvalue weighted by atomic mass is 35.5. The van der Waals surface area contributed by atoms with Gasteiger partial charge in [0, 0.05) is 19.5 Å². The summed E-state index contributed by atoms with van der Waals surface area (Å²) in [6.45, 7) is 4.09. The zero-order chi connectivity index (χ0) is 29.0. The van der Waals surface area contributed by atoms with E-state index in [2.05, 4.69) is 30.3 Å². The number of carboxylic acids is 1. The van der Waals surface area contributed by atoms with Crippen LogP contribution in [-0.2, 0) is 11.3 Å². The van der Waals surface area contributed by atoms with E-state index in [0.29, 0.717) is 23.6 Å². The Balaban J connectivity index is 0.000000296. The van der Waals surface area contributed by atoms with Crippen LogP contribution in [0.15, 0.2) is 52.9 Å². The summed E-state index contributed by atoms with van der Waals surface area (Å²) in [7, 11) is 1.28. The number of aryl methyl sites for hydroxylation is 1. The van der Waals surface area contributed by atoms with E-state index in [1.54, 1.807) is 31.2 Å². The predicted molar refractivity (Wildman–Crippen MR) is 147 cm³/mol. The third-order valence-corrected chi connectivity index (χ3v) is 5.78. The van der Waals surface area contributed by atoms with Crippen LogP contribution in [0.4, 0.5) is 0 Å². The smallest absolute Gasteiger partial charge is 0.354 e. The van der Waals surface area contributed by atoms with Crippen molar-refractivity contribution in [2.75, 3.05) is 7.11 Å². The average Bonchev–Trinajstić information content (AvgIpc) is 3.52. The number of carboxylic acid groups (broad SMARTS) is 1. The lowest BCUT2D eigenvalue weighted by atomic mass is 10.1. The fourth-order valence-corrected chi connectivity index (χ4v) is 3.73. The van der Waals surface area contributed by atoms with Crippen molar-refractivity contribution in [1.82, 2.24) is 30.1 Å². The topological polar surface area (TPSA) is 208 Å². The molecule has 0 aliphatic heterocycles. The van der Waals surface area contributed by atoms with Gasteiger partial charge in [-0.2, -0.15) is 4.52 Å². The Kier molecular flexibility index (Phi) is 9.55. The van der Waals surface area contributed by atoms with Gasteiger partial charge in [0.05, 0.1) is 18.7 Å². The zero-order valence-corrected chi connectivity index (χ0v) is 22.9. The second-order valence-electron chi connectivity index (χ2n) is 8.53. The van der Waals surface area contributed by atoms with Gasteiger partial charge in [0.2, 0.25) is 5.65 Å². The van der Waals surface area contributed by atoms with E-state index >= 15 is 0 Å². The largest absolute Gasteiger partial charge is 0.489 e. The number of hydrogen-bond donors (Lipinski definition) is 4. The SMILES string of the molecule is COC(=O)c1ccc([C@H](C)NC(=O)c2cc(C(=O)O)n3nnc(O)c3n2)cc1.Cc1nc2cc(CN)ccc2o1.Cl. The first-order valence-corrected chi connectivity index (χ1v) is 11.8. The van der Waals surface area contributed by atoms with E-state index in [9.17, 15) is 24.6 Å². The molecular weight excluding hydrogens is 558 g/mol. The minimum absolute atomic E-state index is 0. The number of ether oxygens (including phenoxy) is 1. The third kappa shape index (κ3) is 6.74. The molecule has 214 valence electrons. The molecule has 15 heteroatoms. The predicted octanol–water partition coefficient (Wildman–Crippen LogP) is 2.82. The van der Waals surface area contributed by atoms with E-state index < -0.39 is 29.8 Å². The number of carbonyl (C=O) groups excluding carboxylic acids is 2. The molecule has 0 aliphatic carbocycles. The minimum atomic E-state index is -1.36. The number of fused-ring (bicyclic) bond motifs is 2. The molecule has 0 radical (unpaired) electrons. The molecule has 1 atom stereocenters. The first-order valence-electron chi connectivity index (χ1n) is 11.8. The van der Waals surface area contributed by atoms with E-state index in [0.717, 1.165) is 27.2 Å². The summed E-state index contributed by atoms with van der Waals surface area (Å²) in [5.41, 5.74) is 8.50. The highest BCUT2D eigenvalue weighted by molar-refractivity contribution is 5.96. The van der Waals surface area contributed by atoms with E-state index in [1.165, 1.54) is 7.11 Å². The molecule has 14 nitrogen and oxygen atoms in total. The van der Waals surface area contributed by atoms with Crippen LogP contribution in [0.3, 0.4) is 0 Å². The van der Waals surface area contributed by atoms with Crippen LogP contribution in [0.5, 0.6) is 5.88 Å². The first kappa shape index (κ1) is 30.5. The molecule has 0 fully saturated rings. The van der Waals surface area contributed by atoms with Gasteiger partial charge in [-0.15, -0.1) is 12.4 Å². The Labute approximate surface area is 238 Å². The number of oxazole rings is 1. The molecule has 0 spiro atoms. The standard InChI is InChI=1S/C17H15N5O6.C9H10N2O.ClH/c1-8(9-3-5-10(6-4-9)17(27)28-2)18-14(23)11-7-12(16(25)26)22-13(19-11)15(24)20-21-22;1-6-11-8-4-7(5-10)2-3-9(8)12-6;/h3-8,24H,1-2H3,(H,18,23)(H,25,26);2-4H,5,10H2,1H3;1H/t8-;;/m0../s1. The normalized spacial score (nSPS) is 11.2. The van der Waals surface area contributed by atoms with Gasteiger partial charge < -0.3 is 30.4 Å². The lowest BCUT2D eigenvalue weighted by Gasteiger charge is -2.14. The van der Waals surface area contributed by atoms with Gasteiger partial charge in [-0.1, -0.05) is 28.5 Å². The third-order valence-electron chi connectivity index (χ3n) is 5.78. The Bertz CT molecular complexity index is 1720. The van der Waals surface area contributed by atoms with Gasteiger partial charge in [0.1, 0.15) is 11.2 Å². The maximum absolute atomic E-state index is 12.5. The van der Waals surface area contributed by atoms with Gasteiger partial charge in [-0.25, -0.2) is 19.6 Å². The number of carbonyl (C=O) groups is 3. The maximum atomic E-state index is 12.5. The summed E-state index contributed by atoms with van der Waals surface area (Å²) in [6, 6.07) is 12.8. The van der Waals surface area contributed by atoms with Crippen LogP contribution in [-0.4, -0.2) is 60.0 Å². The lowest BCUT2D eigenvalue weighted by Crippen LogP contribution is -2.28. The van der Waals surface area contributed by atoms with E-state index in [4.69, 9.17) is 10.2 Å². The molecule has 5 N–H and O–H groups in total. The van der Waals surface area contributed by atoms with Crippen molar-refractivity contribution in [2.24, 2.45) is 5.73 Å². The fourth-order valence-electron chi connectivity index (χ4n) is 3.73. The summed E-state index contributed by atoms with van der Waals surface area (Å²) in [6.07, 6.45) is 0. The van der Waals surface area contributed by atoms with Crippen LogP contribution in [0.1, 0.15) is 61.3 Å². The number of aromatic carboxylic acids is 1. The number of halogens is 1. The molecule has 41 heavy (non-hydrogen) atoms. The van der Waals surface area contributed by atoms with Gasteiger partial charge in [-0.3, -0.25) is 4.79 Å². The van der Waals surface area contributed by atoms with Gasteiger partial charge >= 0.3 is 11.9 Å². The average molecular weight is 584 g/mol. The molecule has 0 saturated heterocycles. The number of aromatic nitrogens is 5. The Hall–Kier alpha value is -5.08. The lowest BCUT2D eigenvalue weighted by molar-refractivity contribution is 0.0599. The Morgan fingerprint density at radius 2 is 1.83 bits per heavy atom. The van der Waals surface area contributed by atoms with Crippen LogP contribution < -0.4 is 11.1 Å². The highest BCUT2D eigenvalue weighted by Gasteiger charge is 2.21. The summed E-state index contributed by atoms with van der Waals surface area (Å²) < 4.78 is 10.8. The quantitative estimate of drug-likeness (QED) is 0.213. The molecule has 0 saturated carbocycles. The number of hydrogen-bond acceptors (Lipinski definition) is 11. The van der Waals surface area contributed by atoms with Crippen molar-refractivity contribution in [2.45, 2.75) is 26.4 Å². The van der Waals surface area contributed by atoms with Gasteiger partial charge in [0.25, 0.3) is 11.8 Å². The van der Waals surface area contributed by atoms with Crippen molar-refractivity contribution < 1.29 is 33.8 Å². The molecule has 2 aromatic carbocycles. The monoisotopic (exact) mass is 583 g/mol. The van der Waals surface area contributed by atoms with Gasteiger partial charge in [-0.05, 0) is 42.3 Å². The van der Waals surface area contributed by atoms with Crippen molar-refractivity contribution in [3.8, 4) is 5.88 Å². The molecule has 3 aromatic heterocycles. The summed E-state index contributed by atoms with van der Waals surface area (Å²) in [4.78, 5) is 43.5. The number of amides is 1. The molecule has 5 rings (SSSR count). The number of nitrogens with two attached hydrogens (primary N) is 1. The summed E-state index contributed by atoms with van der Waals surface area (Å²) >= 11 is 0. The maximum Gasteiger partial charge on any atom is 0.354 e. The van der Waals surface area contributed by atoms with Crippen LogP contribution >= 0.6 is 12.4 Å². The number of methoxy groups -OCH3 is 1. The molecule has 1 amide bonds. The van der Waals surface area contributed by atoms with Crippen molar-refractivity contribution >= 4 is 47.0 Å². The zero-order valence-electron chi connectivity index (χ0n) is 22.1. The second kappa shape index (κ2) is 12.8. The molecule has 0 bridgehead atoms. The van der Waals surface area contributed by atoms with E-state index in [-0.39, 0.29) is 29.4 Å². The fraction of sp³-hybridized carbons (Fsp3) is 0.192. The van der Waals surface area contributed by atoms with Crippen LogP contribution in [0.25, 0.3) is 16.7 Å². The Morgan fingerprint density at radius 1 is 1.12 bits per heavy atom.